The molecular formula is C21H26N2O3S. The molecule has 0 bridgehead atoms. The van der Waals surface area contributed by atoms with Gasteiger partial charge in [-0.3, -0.25) is 14.4 Å². The molecule has 0 aliphatic heterocycles. The lowest BCUT2D eigenvalue weighted by atomic mass is 10.1. The van der Waals surface area contributed by atoms with Gasteiger partial charge in [-0.25, -0.2) is 0 Å². The first-order valence-electron chi connectivity index (χ1n) is 8.99. The van der Waals surface area contributed by atoms with E-state index in [-0.39, 0.29) is 36.4 Å². The third kappa shape index (κ3) is 5.76. The van der Waals surface area contributed by atoms with Crippen molar-refractivity contribution >= 4 is 40.3 Å². The molecule has 2 aromatic rings. The first kappa shape index (κ1) is 20.8. The van der Waals surface area contributed by atoms with Crippen molar-refractivity contribution in [1.82, 2.24) is 0 Å². The van der Waals surface area contributed by atoms with Crippen LogP contribution in [0.1, 0.15) is 52.4 Å². The standard InChI is InChI=1S/C21H26N2O3S/c1-12(2)21(26)22-16-7-6-13(3)18(11-16)23-20(25)9-8-19(24)17-10-14(4)27-15(17)5/h6-7,10-12H,8-9H2,1-5H3,(H,22,26)(H,23,25). The summed E-state index contributed by atoms with van der Waals surface area (Å²) >= 11 is 1.59. The summed E-state index contributed by atoms with van der Waals surface area (Å²) in [5.41, 5.74) is 2.87. The minimum atomic E-state index is -0.219. The van der Waals surface area contributed by atoms with Crippen LogP contribution in [-0.2, 0) is 9.59 Å². The van der Waals surface area contributed by atoms with Gasteiger partial charge in [0.15, 0.2) is 5.78 Å². The zero-order valence-corrected chi connectivity index (χ0v) is 17.3. The number of ketones is 1. The second-order valence-electron chi connectivity index (χ2n) is 6.97. The molecule has 0 spiro atoms. The Morgan fingerprint density at radius 3 is 2.30 bits per heavy atom. The Kier molecular flexibility index (Phi) is 6.91. The molecule has 0 saturated heterocycles. The van der Waals surface area contributed by atoms with Crippen LogP contribution in [0.25, 0.3) is 0 Å². The fourth-order valence-electron chi connectivity index (χ4n) is 2.60. The predicted octanol–water partition coefficient (Wildman–Crippen LogP) is 4.87. The van der Waals surface area contributed by atoms with Crippen LogP contribution in [0, 0.1) is 26.7 Å². The lowest BCUT2D eigenvalue weighted by Gasteiger charge is -2.12. The number of carbonyl (C=O) groups is 3. The highest BCUT2D eigenvalue weighted by Crippen LogP contribution is 2.23. The summed E-state index contributed by atoms with van der Waals surface area (Å²) < 4.78 is 0. The summed E-state index contributed by atoms with van der Waals surface area (Å²) in [6.07, 6.45) is 0.293. The highest BCUT2D eigenvalue weighted by molar-refractivity contribution is 7.12. The molecular weight excluding hydrogens is 360 g/mol. The van der Waals surface area contributed by atoms with Gasteiger partial charge in [-0.2, -0.15) is 0 Å². The van der Waals surface area contributed by atoms with E-state index in [9.17, 15) is 14.4 Å². The van der Waals surface area contributed by atoms with Crippen molar-refractivity contribution in [1.29, 1.82) is 0 Å². The Balaban J connectivity index is 1.97. The molecule has 0 aliphatic rings. The Bertz CT molecular complexity index is 868. The van der Waals surface area contributed by atoms with Crippen LogP contribution >= 0.6 is 11.3 Å². The van der Waals surface area contributed by atoms with Crippen LogP contribution in [0.4, 0.5) is 11.4 Å². The molecule has 0 unspecified atom stereocenters. The van der Waals surface area contributed by atoms with E-state index in [1.165, 1.54) is 0 Å². The number of nitrogens with one attached hydrogen (secondary N) is 2. The second-order valence-corrected chi connectivity index (χ2v) is 8.43. The van der Waals surface area contributed by atoms with E-state index < -0.39 is 0 Å². The number of amides is 2. The summed E-state index contributed by atoms with van der Waals surface area (Å²) in [6, 6.07) is 7.26. The molecule has 0 fully saturated rings. The van der Waals surface area contributed by atoms with Gasteiger partial charge in [-0.05, 0) is 44.5 Å². The fraction of sp³-hybridized carbons (Fsp3) is 0.381. The van der Waals surface area contributed by atoms with Crippen LogP contribution in [0.15, 0.2) is 24.3 Å². The van der Waals surface area contributed by atoms with E-state index in [0.29, 0.717) is 16.9 Å². The summed E-state index contributed by atoms with van der Waals surface area (Å²) in [4.78, 5) is 38.5. The van der Waals surface area contributed by atoms with E-state index in [1.807, 2.05) is 46.8 Å². The maximum absolute atomic E-state index is 12.3. The number of hydrogen-bond donors (Lipinski definition) is 2. The zero-order valence-electron chi connectivity index (χ0n) is 16.4. The first-order chi connectivity index (χ1) is 12.7. The summed E-state index contributed by atoms with van der Waals surface area (Å²) in [7, 11) is 0. The third-order valence-corrected chi connectivity index (χ3v) is 5.19. The highest BCUT2D eigenvalue weighted by Gasteiger charge is 2.15. The number of anilines is 2. The second kappa shape index (κ2) is 8.95. The summed E-state index contributed by atoms with van der Waals surface area (Å²) in [5, 5.41) is 5.66. The predicted molar refractivity (Wildman–Crippen MR) is 111 cm³/mol. The lowest BCUT2D eigenvalue weighted by molar-refractivity contribution is -0.119. The van der Waals surface area contributed by atoms with Gasteiger partial charge in [0.1, 0.15) is 0 Å². The monoisotopic (exact) mass is 386 g/mol. The number of thiophene rings is 1. The normalized spacial score (nSPS) is 10.7. The Morgan fingerprint density at radius 2 is 1.70 bits per heavy atom. The molecule has 2 N–H and O–H groups in total. The van der Waals surface area contributed by atoms with Crippen molar-refractivity contribution in [3.63, 3.8) is 0 Å². The van der Waals surface area contributed by atoms with Crippen LogP contribution in [0.5, 0.6) is 0 Å². The topological polar surface area (TPSA) is 75.3 Å². The number of rotatable bonds is 7. The summed E-state index contributed by atoms with van der Waals surface area (Å²) in [6.45, 7) is 9.41. The molecule has 0 aliphatic carbocycles. The van der Waals surface area contributed by atoms with Crippen LogP contribution < -0.4 is 10.6 Å². The third-order valence-electron chi connectivity index (χ3n) is 4.22. The van der Waals surface area contributed by atoms with Crippen molar-refractivity contribution < 1.29 is 14.4 Å². The minimum absolute atomic E-state index is 0.0123. The molecule has 1 aromatic heterocycles. The van der Waals surface area contributed by atoms with Crippen LogP contribution in [0.3, 0.4) is 0 Å². The van der Waals surface area contributed by atoms with Gasteiger partial charge < -0.3 is 10.6 Å². The lowest BCUT2D eigenvalue weighted by Crippen LogP contribution is -2.18. The average molecular weight is 387 g/mol. The van der Waals surface area contributed by atoms with Crippen molar-refractivity contribution in [2.24, 2.45) is 5.92 Å². The SMILES string of the molecule is Cc1cc(C(=O)CCC(=O)Nc2cc(NC(=O)C(C)C)ccc2C)c(C)s1. The maximum atomic E-state index is 12.3. The molecule has 0 saturated carbocycles. The van der Waals surface area contributed by atoms with Crippen molar-refractivity contribution in [3.05, 3.63) is 45.1 Å². The van der Waals surface area contributed by atoms with Gasteiger partial charge >= 0.3 is 0 Å². The number of benzene rings is 1. The molecule has 144 valence electrons. The van der Waals surface area contributed by atoms with Gasteiger partial charge in [0.05, 0.1) is 0 Å². The van der Waals surface area contributed by atoms with E-state index in [4.69, 9.17) is 0 Å². The smallest absolute Gasteiger partial charge is 0.226 e. The highest BCUT2D eigenvalue weighted by atomic mass is 32.1. The van der Waals surface area contributed by atoms with Crippen molar-refractivity contribution in [2.45, 2.75) is 47.5 Å². The Hall–Kier alpha value is -2.47. The van der Waals surface area contributed by atoms with E-state index >= 15 is 0 Å². The number of carbonyl (C=O) groups excluding carboxylic acids is 3. The first-order valence-corrected chi connectivity index (χ1v) is 9.80. The average Bonchev–Trinajstić information content (AvgIpc) is 2.94. The Morgan fingerprint density at radius 1 is 1.00 bits per heavy atom. The molecule has 1 aromatic carbocycles. The van der Waals surface area contributed by atoms with Crippen molar-refractivity contribution in [3.8, 4) is 0 Å². The van der Waals surface area contributed by atoms with Gasteiger partial charge in [-0.15, -0.1) is 11.3 Å². The number of hydrogen-bond acceptors (Lipinski definition) is 4. The molecule has 1 heterocycles. The maximum Gasteiger partial charge on any atom is 0.226 e. The Labute approximate surface area is 164 Å². The van der Waals surface area contributed by atoms with E-state index in [0.717, 1.165) is 15.3 Å². The quantitative estimate of drug-likeness (QED) is 0.667. The van der Waals surface area contributed by atoms with E-state index in [2.05, 4.69) is 10.6 Å². The number of aryl methyl sites for hydroxylation is 3. The molecule has 27 heavy (non-hydrogen) atoms. The van der Waals surface area contributed by atoms with Gasteiger partial charge in [0.25, 0.3) is 0 Å². The van der Waals surface area contributed by atoms with E-state index in [1.54, 1.807) is 23.5 Å². The number of Topliss-reactive ketones (excluding diaryl/α,β-unsaturated/α-hetero) is 1. The molecule has 6 heteroatoms. The molecule has 5 nitrogen and oxygen atoms in total. The van der Waals surface area contributed by atoms with Crippen LogP contribution in [-0.4, -0.2) is 17.6 Å². The largest absolute Gasteiger partial charge is 0.326 e. The van der Waals surface area contributed by atoms with Gasteiger partial charge in [-0.1, -0.05) is 19.9 Å². The molecule has 2 rings (SSSR count). The molecule has 0 atom stereocenters. The summed E-state index contributed by atoms with van der Waals surface area (Å²) in [5.74, 6) is -0.437. The minimum Gasteiger partial charge on any atom is -0.326 e. The van der Waals surface area contributed by atoms with Crippen molar-refractivity contribution in [2.75, 3.05) is 10.6 Å². The van der Waals surface area contributed by atoms with Crippen LogP contribution in [0.2, 0.25) is 0 Å². The molecule has 0 radical (unpaired) electrons. The fourth-order valence-corrected chi connectivity index (χ4v) is 3.55. The zero-order chi connectivity index (χ0) is 20.1. The molecule has 2 amide bonds. The van der Waals surface area contributed by atoms with Gasteiger partial charge in [0.2, 0.25) is 11.8 Å². The van der Waals surface area contributed by atoms with Gasteiger partial charge in [0, 0.05) is 45.5 Å².